The molecule has 247 valence electrons. The summed E-state index contributed by atoms with van der Waals surface area (Å²) in [5.74, 6) is 0.464. The molecule has 1 atom stereocenters. The van der Waals surface area contributed by atoms with Gasteiger partial charge in [0, 0.05) is 56.8 Å². The van der Waals surface area contributed by atoms with Crippen molar-refractivity contribution in [1.29, 1.82) is 0 Å². The standard InChI is InChI=1S/C37H51N4O4Si/c1-36(2,3)32(45-46(7)8)23-40-17-15-39(16-18-40)22-24-9-14-30-26(19-24)20-31(41(30)35(43)44-37(4,5)6)28-13-12-27(25-10-11-25)29-21-38-34(42)33(28)29/h9,12-14,19-20,25,32H,10-11,15-18,21-23H2,1-8H3,(H,38,42). The molecule has 3 aromatic rings. The Labute approximate surface area is 276 Å². The van der Waals surface area contributed by atoms with Crippen molar-refractivity contribution in [2.45, 2.75) is 98.2 Å². The molecule has 1 radical (unpaired) electrons. The quantitative estimate of drug-likeness (QED) is 0.266. The lowest BCUT2D eigenvalue weighted by Gasteiger charge is -2.40. The van der Waals surface area contributed by atoms with E-state index >= 15 is 0 Å². The second kappa shape index (κ2) is 12.6. The third-order valence-electron chi connectivity index (χ3n) is 9.38. The number of fused-ring (bicyclic) bond motifs is 2. The van der Waals surface area contributed by atoms with Crippen LogP contribution in [0, 0.1) is 5.41 Å². The fourth-order valence-corrected chi connectivity index (χ4v) is 7.82. The monoisotopic (exact) mass is 643 g/mol. The van der Waals surface area contributed by atoms with Gasteiger partial charge in [-0.25, -0.2) is 9.36 Å². The average molecular weight is 644 g/mol. The van der Waals surface area contributed by atoms with Gasteiger partial charge in [-0.1, -0.05) is 39.0 Å². The van der Waals surface area contributed by atoms with Gasteiger partial charge in [0.15, 0.2) is 0 Å². The Balaban J connectivity index is 1.26. The zero-order chi connectivity index (χ0) is 33.0. The molecule has 3 aliphatic rings. The molecule has 3 heterocycles. The van der Waals surface area contributed by atoms with Crippen molar-refractivity contribution in [3.05, 3.63) is 58.7 Å². The van der Waals surface area contributed by atoms with Crippen molar-refractivity contribution in [3.8, 4) is 11.3 Å². The van der Waals surface area contributed by atoms with Gasteiger partial charge in [-0.05, 0) is 92.9 Å². The van der Waals surface area contributed by atoms with Gasteiger partial charge in [-0.2, -0.15) is 0 Å². The van der Waals surface area contributed by atoms with Crippen molar-refractivity contribution in [2.75, 3.05) is 32.7 Å². The average Bonchev–Trinajstić information content (AvgIpc) is 3.63. The zero-order valence-corrected chi connectivity index (χ0v) is 30.0. The number of carbonyl (C=O) groups excluding carboxylic acids is 2. The highest BCUT2D eigenvalue weighted by Gasteiger charge is 2.35. The number of nitrogens with zero attached hydrogens (tertiary/aromatic N) is 3. The molecular formula is C37H51N4O4Si. The second-order valence-corrected chi connectivity index (χ2v) is 17.8. The molecule has 1 saturated heterocycles. The molecule has 2 aromatic carbocycles. The highest BCUT2D eigenvalue weighted by molar-refractivity contribution is 6.48. The summed E-state index contributed by atoms with van der Waals surface area (Å²) >= 11 is 0. The van der Waals surface area contributed by atoms with E-state index < -0.39 is 20.7 Å². The van der Waals surface area contributed by atoms with Crippen LogP contribution in [0.2, 0.25) is 13.1 Å². The fraction of sp³-hybridized carbons (Fsp3) is 0.568. The maximum Gasteiger partial charge on any atom is 0.419 e. The Morgan fingerprint density at radius 2 is 1.67 bits per heavy atom. The van der Waals surface area contributed by atoms with Crippen LogP contribution in [0.3, 0.4) is 0 Å². The number of carbonyl (C=O) groups is 2. The molecule has 1 N–H and O–H groups in total. The van der Waals surface area contributed by atoms with Gasteiger partial charge in [0.1, 0.15) is 5.60 Å². The molecule has 46 heavy (non-hydrogen) atoms. The first kappa shape index (κ1) is 32.9. The number of nitrogens with one attached hydrogen (secondary N) is 1. The number of amides is 1. The summed E-state index contributed by atoms with van der Waals surface area (Å²) in [5, 5.41) is 4.01. The Hall–Kier alpha value is -2.98. The molecular weight excluding hydrogens is 593 g/mol. The molecule has 9 heteroatoms. The van der Waals surface area contributed by atoms with Crippen LogP contribution >= 0.6 is 0 Å². The number of ether oxygens (including phenoxy) is 1. The number of piperazine rings is 1. The lowest BCUT2D eigenvalue weighted by Crippen LogP contribution is -2.51. The molecule has 1 unspecified atom stereocenters. The molecule has 2 fully saturated rings. The van der Waals surface area contributed by atoms with Crippen LogP contribution in [-0.4, -0.2) is 79.8 Å². The van der Waals surface area contributed by atoms with E-state index in [0.717, 1.165) is 61.3 Å². The summed E-state index contributed by atoms with van der Waals surface area (Å²) < 4.78 is 14.0. The third kappa shape index (κ3) is 7.12. The Morgan fingerprint density at radius 1 is 0.978 bits per heavy atom. The van der Waals surface area contributed by atoms with E-state index in [9.17, 15) is 9.59 Å². The van der Waals surface area contributed by atoms with E-state index in [1.54, 1.807) is 4.57 Å². The van der Waals surface area contributed by atoms with Crippen molar-refractivity contribution in [3.63, 3.8) is 0 Å². The molecule has 1 aliphatic carbocycles. The van der Waals surface area contributed by atoms with Gasteiger partial charge in [0.05, 0.1) is 22.9 Å². The Bertz CT molecular complexity index is 1620. The van der Waals surface area contributed by atoms with E-state index in [1.807, 2.05) is 32.9 Å². The van der Waals surface area contributed by atoms with Crippen LogP contribution in [0.4, 0.5) is 4.79 Å². The highest BCUT2D eigenvalue weighted by Crippen LogP contribution is 2.45. The van der Waals surface area contributed by atoms with Crippen LogP contribution in [0.1, 0.15) is 87.4 Å². The number of rotatable bonds is 8. The topological polar surface area (TPSA) is 76.0 Å². The Kier molecular flexibility index (Phi) is 8.99. The van der Waals surface area contributed by atoms with E-state index in [4.69, 9.17) is 9.16 Å². The van der Waals surface area contributed by atoms with Crippen LogP contribution in [-0.2, 0) is 22.3 Å². The lowest BCUT2D eigenvalue weighted by atomic mass is 9.89. The van der Waals surface area contributed by atoms with Gasteiger partial charge in [-0.3, -0.25) is 14.6 Å². The van der Waals surface area contributed by atoms with Gasteiger partial charge in [0.2, 0.25) is 9.04 Å². The van der Waals surface area contributed by atoms with Crippen molar-refractivity contribution in [2.24, 2.45) is 5.41 Å². The smallest absolute Gasteiger partial charge is 0.419 e. The van der Waals surface area contributed by atoms with Crippen molar-refractivity contribution in [1.82, 2.24) is 19.7 Å². The minimum Gasteiger partial charge on any atom is -0.443 e. The van der Waals surface area contributed by atoms with E-state index in [-0.39, 0.29) is 17.4 Å². The van der Waals surface area contributed by atoms with Crippen LogP contribution in [0.5, 0.6) is 0 Å². The molecule has 0 bridgehead atoms. The number of hydrogen-bond acceptors (Lipinski definition) is 6. The first-order valence-electron chi connectivity index (χ1n) is 16.9. The second-order valence-electron chi connectivity index (χ2n) is 15.7. The maximum atomic E-state index is 13.7. The van der Waals surface area contributed by atoms with E-state index in [2.05, 4.69) is 73.2 Å². The van der Waals surface area contributed by atoms with Gasteiger partial charge < -0.3 is 14.5 Å². The van der Waals surface area contributed by atoms with Crippen LogP contribution in [0.25, 0.3) is 22.2 Å². The van der Waals surface area contributed by atoms with Crippen molar-refractivity contribution >= 4 is 31.9 Å². The lowest BCUT2D eigenvalue weighted by molar-refractivity contribution is 0.0279. The molecule has 0 spiro atoms. The fourth-order valence-electron chi connectivity index (χ4n) is 6.82. The summed E-state index contributed by atoms with van der Waals surface area (Å²) in [4.78, 5) is 32.0. The Morgan fingerprint density at radius 3 is 2.30 bits per heavy atom. The number of benzene rings is 2. The summed E-state index contributed by atoms with van der Waals surface area (Å²) in [5.41, 5.74) is 5.99. The molecule has 8 nitrogen and oxygen atoms in total. The van der Waals surface area contributed by atoms with Crippen LogP contribution < -0.4 is 5.32 Å². The normalized spacial score (nSPS) is 18.7. The van der Waals surface area contributed by atoms with Crippen LogP contribution in [0.15, 0.2) is 36.4 Å². The predicted molar refractivity (Wildman–Crippen MR) is 186 cm³/mol. The minimum absolute atomic E-state index is 0.0700. The third-order valence-corrected chi connectivity index (χ3v) is 10.1. The first-order valence-corrected chi connectivity index (χ1v) is 19.3. The largest absolute Gasteiger partial charge is 0.443 e. The number of aromatic nitrogens is 1. The van der Waals surface area contributed by atoms with Gasteiger partial charge in [-0.15, -0.1) is 0 Å². The SMILES string of the molecule is C[Si](C)OC(CN1CCN(Cc2ccc3c(c2)cc(-c2ccc(C4CC4)c4c2C(=O)NC4)n3C(=O)OC(C)(C)C)CC1)C(C)(C)C. The summed E-state index contributed by atoms with van der Waals surface area (Å²) in [6.45, 7) is 23.3. The molecule has 2 aliphatic heterocycles. The van der Waals surface area contributed by atoms with E-state index in [1.165, 1.54) is 24.0 Å². The van der Waals surface area contributed by atoms with E-state index in [0.29, 0.717) is 23.7 Å². The van der Waals surface area contributed by atoms with Crippen molar-refractivity contribution < 1.29 is 18.8 Å². The zero-order valence-electron chi connectivity index (χ0n) is 29.0. The first-order chi connectivity index (χ1) is 21.7. The summed E-state index contributed by atoms with van der Waals surface area (Å²) in [6.07, 6.45) is 2.14. The predicted octanol–water partition coefficient (Wildman–Crippen LogP) is 7.01. The molecule has 1 amide bonds. The molecule has 1 aromatic heterocycles. The summed E-state index contributed by atoms with van der Waals surface area (Å²) in [6, 6.07) is 12.6. The van der Waals surface area contributed by atoms with Gasteiger partial charge in [0.25, 0.3) is 5.91 Å². The minimum atomic E-state index is -0.764. The molecule has 6 rings (SSSR count). The van der Waals surface area contributed by atoms with Gasteiger partial charge >= 0.3 is 6.09 Å². The summed E-state index contributed by atoms with van der Waals surface area (Å²) in [7, 11) is -0.764. The maximum absolute atomic E-state index is 13.7. The highest BCUT2D eigenvalue weighted by atomic mass is 28.3. The molecule has 1 saturated carbocycles. The number of hydrogen-bond donors (Lipinski definition) is 1.